The summed E-state index contributed by atoms with van der Waals surface area (Å²) in [6, 6.07) is 0. The highest BCUT2D eigenvalue weighted by Gasteiger charge is 2.13. The van der Waals surface area contributed by atoms with E-state index in [2.05, 4.69) is 27.9 Å². The molecule has 5 nitrogen and oxygen atoms in total. The molecule has 0 atom stereocenters. The summed E-state index contributed by atoms with van der Waals surface area (Å²) >= 11 is 0. The lowest BCUT2D eigenvalue weighted by Crippen LogP contribution is -2.41. The molecule has 1 N–H and O–H groups in total. The minimum atomic E-state index is -4.92. The van der Waals surface area contributed by atoms with Gasteiger partial charge in [-0.05, 0) is 25.7 Å². The maximum Gasteiger partial charge on any atom is 0.215 e. The third kappa shape index (κ3) is 48.7. The quantitative estimate of drug-likeness (QED) is 0.0326. The fourth-order valence-corrected chi connectivity index (χ4v) is 6.29. The van der Waals surface area contributed by atoms with Crippen molar-refractivity contribution in [3.05, 3.63) is 0 Å². The second-order valence-electron chi connectivity index (χ2n) is 14.4. The van der Waals surface area contributed by atoms with E-state index in [0.29, 0.717) is 0 Å². The standard InChI is InChI=1S/C38H80N.H2O4S/c1-5-7-9-11-13-15-17-19-21-23-25-27-29-31-33-35-37-39(3,4)38-36-34-32-30-28-26-24-22-20-18-16-14-12-10-8-6-2;1-5(2,3)4/h5-38H2,1-4H3;(H2,1,2,3,4)/q+1;/p-1. The van der Waals surface area contributed by atoms with E-state index in [9.17, 15) is 0 Å². The molecular formula is C38H81NO4S. The first-order valence-electron chi connectivity index (χ1n) is 19.6. The van der Waals surface area contributed by atoms with E-state index in [-0.39, 0.29) is 0 Å². The Labute approximate surface area is 278 Å². The molecule has 44 heavy (non-hydrogen) atoms. The van der Waals surface area contributed by atoms with Crippen LogP contribution in [0, 0.1) is 0 Å². The molecule has 0 aromatic heterocycles. The van der Waals surface area contributed by atoms with Crippen LogP contribution in [0.1, 0.15) is 219 Å². The fourth-order valence-electron chi connectivity index (χ4n) is 6.29. The van der Waals surface area contributed by atoms with Crippen molar-refractivity contribution in [1.29, 1.82) is 0 Å². The van der Waals surface area contributed by atoms with Crippen LogP contribution < -0.4 is 0 Å². The number of rotatable bonds is 34. The van der Waals surface area contributed by atoms with E-state index >= 15 is 0 Å². The number of quaternary nitrogens is 1. The maximum atomic E-state index is 8.63. The van der Waals surface area contributed by atoms with Crippen molar-refractivity contribution in [2.45, 2.75) is 219 Å². The summed E-state index contributed by atoms with van der Waals surface area (Å²) in [7, 11) is 0.0207. The lowest BCUT2D eigenvalue weighted by molar-refractivity contribution is -0.890. The molecule has 0 heterocycles. The van der Waals surface area contributed by atoms with E-state index in [1.165, 1.54) is 223 Å². The zero-order valence-corrected chi connectivity index (χ0v) is 31.4. The smallest absolute Gasteiger partial charge is 0.215 e. The predicted octanol–water partition coefficient (Wildman–Crippen LogP) is 12.6. The van der Waals surface area contributed by atoms with Crippen LogP contribution in [0.4, 0.5) is 0 Å². The molecule has 0 aliphatic carbocycles. The lowest BCUT2D eigenvalue weighted by Gasteiger charge is -2.30. The molecule has 0 aromatic carbocycles. The molecule has 0 fully saturated rings. The van der Waals surface area contributed by atoms with Crippen LogP contribution in [0.15, 0.2) is 0 Å². The molecular weight excluding hydrogens is 566 g/mol. The summed E-state index contributed by atoms with van der Waals surface area (Å²) in [6.45, 7) is 7.39. The molecule has 0 radical (unpaired) electrons. The van der Waals surface area contributed by atoms with Gasteiger partial charge >= 0.3 is 0 Å². The molecule has 6 heteroatoms. The molecule has 0 rings (SSSR count). The molecule has 0 bridgehead atoms. The van der Waals surface area contributed by atoms with Crippen molar-refractivity contribution in [2.75, 3.05) is 27.2 Å². The zero-order chi connectivity index (χ0) is 33.0. The summed E-state index contributed by atoms with van der Waals surface area (Å²) in [5.41, 5.74) is 0. The van der Waals surface area contributed by atoms with Crippen LogP contribution in [0.3, 0.4) is 0 Å². The molecule has 0 spiro atoms. The normalized spacial score (nSPS) is 12.0. The van der Waals surface area contributed by atoms with Gasteiger partial charge in [-0.3, -0.25) is 4.55 Å². The average Bonchev–Trinajstić information content (AvgIpc) is 2.96. The van der Waals surface area contributed by atoms with Crippen molar-refractivity contribution in [3.63, 3.8) is 0 Å². The molecule has 0 saturated carbocycles. The van der Waals surface area contributed by atoms with Gasteiger partial charge in [-0.25, -0.2) is 8.42 Å². The van der Waals surface area contributed by atoms with Crippen LogP contribution in [0.25, 0.3) is 0 Å². The van der Waals surface area contributed by atoms with Gasteiger partial charge in [0.15, 0.2) is 0 Å². The maximum absolute atomic E-state index is 8.63. The van der Waals surface area contributed by atoms with Crippen LogP contribution >= 0.6 is 0 Å². The minimum Gasteiger partial charge on any atom is -0.726 e. The topological polar surface area (TPSA) is 77.4 Å². The van der Waals surface area contributed by atoms with Crippen LogP contribution in [-0.4, -0.2) is 49.2 Å². The Morgan fingerprint density at radius 3 is 0.682 bits per heavy atom. The van der Waals surface area contributed by atoms with Crippen LogP contribution in [0.5, 0.6) is 0 Å². The summed E-state index contributed by atoms with van der Waals surface area (Å²) in [5, 5.41) is 0. The zero-order valence-electron chi connectivity index (χ0n) is 30.6. The van der Waals surface area contributed by atoms with E-state index < -0.39 is 10.4 Å². The van der Waals surface area contributed by atoms with Crippen molar-refractivity contribution in [3.8, 4) is 0 Å². The van der Waals surface area contributed by atoms with Crippen molar-refractivity contribution >= 4 is 10.4 Å². The van der Waals surface area contributed by atoms with Gasteiger partial charge in [0, 0.05) is 0 Å². The third-order valence-electron chi connectivity index (χ3n) is 9.23. The lowest BCUT2D eigenvalue weighted by atomic mass is 10.0. The largest absolute Gasteiger partial charge is 0.726 e. The van der Waals surface area contributed by atoms with Gasteiger partial charge in [-0.2, -0.15) is 0 Å². The second-order valence-corrected chi connectivity index (χ2v) is 15.3. The second kappa shape index (κ2) is 35.7. The van der Waals surface area contributed by atoms with Crippen molar-refractivity contribution in [2.24, 2.45) is 0 Å². The van der Waals surface area contributed by atoms with E-state index in [1.807, 2.05) is 0 Å². The Balaban J connectivity index is 0. The van der Waals surface area contributed by atoms with Crippen molar-refractivity contribution in [1.82, 2.24) is 0 Å². The number of hydrogen-bond acceptors (Lipinski definition) is 3. The van der Waals surface area contributed by atoms with Gasteiger partial charge in [0.1, 0.15) is 0 Å². The first-order valence-corrected chi connectivity index (χ1v) is 21.0. The summed E-state index contributed by atoms with van der Waals surface area (Å²) in [5.74, 6) is 0. The molecule has 0 amide bonds. The molecule has 268 valence electrons. The monoisotopic (exact) mass is 648 g/mol. The number of nitrogens with zero attached hydrogens (tertiary/aromatic N) is 1. The predicted molar refractivity (Wildman–Crippen MR) is 193 cm³/mol. The molecule has 0 aliphatic rings. The Morgan fingerprint density at radius 2 is 0.523 bits per heavy atom. The minimum absolute atomic E-state index is 1.25. The Bertz CT molecular complexity index is 593. The number of unbranched alkanes of at least 4 members (excludes halogenated alkanes) is 30. The summed E-state index contributed by atoms with van der Waals surface area (Å²) in [6.07, 6.45) is 46.9. The Hall–Kier alpha value is -0.170. The first-order chi connectivity index (χ1) is 21.1. The Kier molecular flexibility index (Phi) is 37.3. The number of hydrogen-bond donors (Lipinski definition) is 1. The van der Waals surface area contributed by atoms with E-state index in [4.69, 9.17) is 17.5 Å². The first kappa shape index (κ1) is 46.0. The SMILES string of the molecule is CCCCCCCCCCCCCCCCCC[N+](C)(C)CCCCCCCCCCCCCCCCCC.O=S(=O)([O-])O. The summed E-state index contributed by atoms with van der Waals surface area (Å²) < 4.78 is 34.1. The highest BCUT2D eigenvalue weighted by molar-refractivity contribution is 7.79. The van der Waals surface area contributed by atoms with Crippen LogP contribution in [-0.2, 0) is 10.4 Å². The van der Waals surface area contributed by atoms with Gasteiger partial charge in [0.05, 0.1) is 27.2 Å². The molecule has 0 saturated heterocycles. The fraction of sp³-hybridized carbons (Fsp3) is 1.00. The third-order valence-corrected chi connectivity index (χ3v) is 9.23. The summed E-state index contributed by atoms with van der Waals surface area (Å²) in [4.78, 5) is 0. The van der Waals surface area contributed by atoms with Crippen molar-refractivity contribution < 1.29 is 22.0 Å². The van der Waals surface area contributed by atoms with Gasteiger partial charge in [0.25, 0.3) is 0 Å². The van der Waals surface area contributed by atoms with Gasteiger partial charge in [-0.1, -0.05) is 194 Å². The molecule has 0 aromatic rings. The van der Waals surface area contributed by atoms with E-state index in [1.54, 1.807) is 0 Å². The Morgan fingerprint density at radius 1 is 0.386 bits per heavy atom. The molecule has 0 aliphatic heterocycles. The van der Waals surface area contributed by atoms with Gasteiger partial charge < -0.3 is 9.04 Å². The van der Waals surface area contributed by atoms with Gasteiger partial charge in [-0.15, -0.1) is 0 Å². The molecule has 0 unspecified atom stereocenters. The van der Waals surface area contributed by atoms with Crippen LogP contribution in [0.2, 0.25) is 0 Å². The van der Waals surface area contributed by atoms with Gasteiger partial charge in [0.2, 0.25) is 10.4 Å². The van der Waals surface area contributed by atoms with E-state index in [0.717, 1.165) is 0 Å². The average molecular weight is 648 g/mol. The highest BCUT2D eigenvalue weighted by Crippen LogP contribution is 2.16. The highest BCUT2D eigenvalue weighted by atomic mass is 32.3.